The Hall–Kier alpha value is -2.56. The highest BCUT2D eigenvalue weighted by molar-refractivity contribution is 6.79. The van der Waals surface area contributed by atoms with Crippen LogP contribution in [0.1, 0.15) is 73.3 Å². The van der Waals surface area contributed by atoms with Crippen LogP contribution in [-0.2, 0) is 25.3 Å². The maximum absolute atomic E-state index is 16.2. The van der Waals surface area contributed by atoms with Gasteiger partial charge in [0.2, 0.25) is 0 Å². The number of halogens is 9. The van der Waals surface area contributed by atoms with Gasteiger partial charge in [-0.1, -0.05) is 72.2 Å². The summed E-state index contributed by atoms with van der Waals surface area (Å²) in [5.41, 5.74) is -8.24. The molecule has 50 heavy (non-hydrogen) atoms. The van der Waals surface area contributed by atoms with Crippen molar-refractivity contribution in [3.8, 4) is 5.75 Å². The molecule has 0 saturated carbocycles. The van der Waals surface area contributed by atoms with Crippen molar-refractivity contribution in [2.24, 2.45) is 5.92 Å². The third-order valence-corrected chi connectivity index (χ3v) is 14.1. The first-order valence-corrected chi connectivity index (χ1v) is 18.2. The van der Waals surface area contributed by atoms with Crippen molar-refractivity contribution in [2.75, 3.05) is 20.8 Å². The van der Waals surface area contributed by atoms with Crippen LogP contribution in [0.25, 0.3) is 0 Å². The number of aliphatic hydroxyl groups excluding tert-OH is 1. The van der Waals surface area contributed by atoms with Gasteiger partial charge in [0.15, 0.2) is 0 Å². The van der Waals surface area contributed by atoms with Gasteiger partial charge in [-0.15, -0.1) is 0 Å². The predicted molar refractivity (Wildman–Crippen MR) is 173 cm³/mol. The number of carbonyl (C=O) groups excluding carboxylic acids is 1. The fraction of sp³-hybridized carbons (Fsp3) is 0.676. The molecule has 6 nitrogen and oxygen atoms in total. The maximum atomic E-state index is 16.2. The molecule has 0 spiro atoms. The molecule has 0 aromatic heterocycles. The van der Waals surface area contributed by atoms with Crippen molar-refractivity contribution in [3.63, 3.8) is 0 Å². The Morgan fingerprint density at radius 3 is 1.86 bits per heavy atom. The number of rotatable bonds is 20. The fourth-order valence-electron chi connectivity index (χ4n) is 5.76. The van der Waals surface area contributed by atoms with E-state index in [9.17, 15) is 31.9 Å². The fourth-order valence-corrected chi connectivity index (χ4v) is 10.7. The van der Waals surface area contributed by atoms with Crippen LogP contribution in [0, 0.1) is 5.92 Å². The largest absolute Gasteiger partial charge is 0.497 e. The summed E-state index contributed by atoms with van der Waals surface area (Å²) in [6.45, 7) is 8.39. The lowest BCUT2D eigenvalue weighted by molar-refractivity contribution is -0.386. The summed E-state index contributed by atoms with van der Waals surface area (Å²) in [6, 6.07) is 6.82. The molecule has 1 N–H and O–H groups in total. The summed E-state index contributed by atoms with van der Waals surface area (Å²) in [7, 11) is -3.14. The third kappa shape index (κ3) is 9.85. The van der Waals surface area contributed by atoms with Gasteiger partial charge in [-0.05, 0) is 54.1 Å². The Balaban J connectivity index is 3.76. The van der Waals surface area contributed by atoms with E-state index in [0.717, 1.165) is 40.4 Å². The van der Waals surface area contributed by atoms with Crippen LogP contribution in [0.4, 0.5) is 39.5 Å². The summed E-state index contributed by atoms with van der Waals surface area (Å²) >= 11 is 0. The number of methoxy groups -OCH3 is 2. The van der Waals surface area contributed by atoms with Crippen molar-refractivity contribution in [3.05, 3.63) is 53.1 Å². The Bertz CT molecular complexity index is 1270. The second-order valence-corrected chi connectivity index (χ2v) is 17.6. The molecule has 1 aromatic rings. The molecule has 0 fully saturated rings. The van der Waals surface area contributed by atoms with Gasteiger partial charge >= 0.3 is 29.5 Å². The molecule has 0 heterocycles. The minimum Gasteiger partial charge on any atom is -0.497 e. The van der Waals surface area contributed by atoms with Crippen molar-refractivity contribution in [2.45, 2.75) is 121 Å². The Morgan fingerprint density at radius 1 is 0.880 bits per heavy atom. The monoisotopic (exact) mass is 752 g/mol. The van der Waals surface area contributed by atoms with Crippen LogP contribution >= 0.6 is 0 Å². The maximum Gasteiger partial charge on any atom is 0.460 e. The van der Waals surface area contributed by atoms with E-state index >= 15 is 17.6 Å². The number of esters is 1. The SMILES string of the molecule is CCC/C(=C/CC(O)C(C)C(O[Si](C(C)C)(C(C)C)C(F)(F)C(F)(F)C(F)(F)C(F)(F)F)/C(C)=C/COCc1ccc(OC)cc1)C(=O)OC. The van der Waals surface area contributed by atoms with Gasteiger partial charge in [0.1, 0.15) is 5.75 Å². The molecule has 3 atom stereocenters. The van der Waals surface area contributed by atoms with Gasteiger partial charge < -0.3 is 23.7 Å². The Morgan fingerprint density at radius 2 is 1.42 bits per heavy atom. The van der Waals surface area contributed by atoms with E-state index in [1.165, 1.54) is 33.1 Å². The van der Waals surface area contributed by atoms with Crippen LogP contribution in [0.2, 0.25) is 11.1 Å². The molecule has 0 amide bonds. The summed E-state index contributed by atoms with van der Waals surface area (Å²) < 4.78 is 152. The molecular weight excluding hydrogens is 703 g/mol. The third-order valence-electron chi connectivity index (χ3n) is 8.73. The Labute approximate surface area is 289 Å². The molecule has 0 bridgehead atoms. The quantitative estimate of drug-likeness (QED) is 0.0357. The van der Waals surface area contributed by atoms with E-state index < -0.39 is 67.1 Å². The van der Waals surface area contributed by atoms with Crippen molar-refractivity contribution >= 4 is 14.3 Å². The zero-order valence-electron chi connectivity index (χ0n) is 29.8. The minimum atomic E-state index is -7.11. The molecular formula is C34H49F9O6Si. The predicted octanol–water partition coefficient (Wildman–Crippen LogP) is 9.60. The van der Waals surface area contributed by atoms with Crippen LogP contribution in [0.15, 0.2) is 47.6 Å². The molecule has 288 valence electrons. The van der Waals surface area contributed by atoms with Gasteiger partial charge in [0, 0.05) is 11.5 Å². The molecule has 0 aliphatic carbocycles. The van der Waals surface area contributed by atoms with Crippen LogP contribution in [0.3, 0.4) is 0 Å². The number of aliphatic hydroxyl groups is 1. The highest BCUT2D eigenvalue weighted by Gasteiger charge is 2.87. The van der Waals surface area contributed by atoms with Gasteiger partial charge in [-0.2, -0.15) is 30.7 Å². The zero-order valence-corrected chi connectivity index (χ0v) is 30.8. The number of carbonyl (C=O) groups is 1. The molecule has 1 rings (SSSR count). The standard InChI is InChI=1S/C34H49F9O6Si/c1-10-11-26(30(45)47-9)14-17-28(44)24(7)29(23(6)18-19-48-20-25-12-15-27(46-8)16-13-25)49-50(21(2)3,22(4)5)34(42,43)32(37,38)31(35,36)33(39,40)41/h12-16,18,21-22,24,28-29,44H,10-11,17,19-20H2,1-9H3/b23-18+,26-14-. The van der Waals surface area contributed by atoms with E-state index in [4.69, 9.17) is 18.6 Å². The second-order valence-electron chi connectivity index (χ2n) is 12.8. The zero-order chi connectivity index (χ0) is 38.9. The average molecular weight is 753 g/mol. The second kappa shape index (κ2) is 18.3. The Kier molecular flexibility index (Phi) is 16.6. The highest BCUT2D eigenvalue weighted by Crippen LogP contribution is 2.60. The molecule has 0 aliphatic heterocycles. The molecule has 0 saturated heterocycles. The normalized spacial score (nSPS) is 16.1. The van der Waals surface area contributed by atoms with Gasteiger partial charge in [0.05, 0.1) is 39.6 Å². The minimum absolute atomic E-state index is 0.0666. The summed E-state index contributed by atoms with van der Waals surface area (Å²) in [6.07, 6.45) is -6.91. The van der Waals surface area contributed by atoms with Gasteiger partial charge in [-0.3, -0.25) is 0 Å². The summed E-state index contributed by atoms with van der Waals surface area (Å²) in [5.74, 6) is -15.3. The summed E-state index contributed by atoms with van der Waals surface area (Å²) in [4.78, 5) is 12.2. The number of ether oxygens (including phenoxy) is 3. The lowest BCUT2D eigenvalue weighted by Gasteiger charge is -2.50. The highest BCUT2D eigenvalue weighted by atomic mass is 28.4. The van der Waals surface area contributed by atoms with Crippen molar-refractivity contribution < 1.29 is 68.1 Å². The molecule has 0 radical (unpaired) electrons. The van der Waals surface area contributed by atoms with Crippen molar-refractivity contribution in [1.82, 2.24) is 0 Å². The van der Waals surface area contributed by atoms with E-state index in [-0.39, 0.29) is 37.2 Å². The molecule has 3 unspecified atom stereocenters. The van der Waals surface area contributed by atoms with Crippen LogP contribution in [0.5, 0.6) is 5.75 Å². The van der Waals surface area contributed by atoms with E-state index in [1.807, 2.05) is 0 Å². The first-order valence-electron chi connectivity index (χ1n) is 16.1. The topological polar surface area (TPSA) is 74.2 Å². The van der Waals surface area contributed by atoms with Crippen molar-refractivity contribution in [1.29, 1.82) is 0 Å². The summed E-state index contributed by atoms with van der Waals surface area (Å²) in [5, 5.41) is 11.2. The number of alkyl halides is 9. The average Bonchev–Trinajstić information content (AvgIpc) is 3.03. The first-order chi connectivity index (χ1) is 22.9. The van der Waals surface area contributed by atoms with Gasteiger partial charge in [0.25, 0.3) is 8.32 Å². The smallest absolute Gasteiger partial charge is 0.460 e. The van der Waals surface area contributed by atoms with Crippen LogP contribution in [-0.4, -0.2) is 76.0 Å². The van der Waals surface area contributed by atoms with E-state index in [1.54, 1.807) is 31.2 Å². The number of benzene rings is 1. The van der Waals surface area contributed by atoms with Crippen LogP contribution < -0.4 is 4.74 Å². The number of hydrogen-bond donors (Lipinski definition) is 1. The number of hydrogen-bond acceptors (Lipinski definition) is 6. The molecule has 1 aromatic carbocycles. The lowest BCUT2D eigenvalue weighted by Crippen LogP contribution is -2.74. The molecule has 16 heteroatoms. The van der Waals surface area contributed by atoms with E-state index in [0.29, 0.717) is 12.2 Å². The van der Waals surface area contributed by atoms with E-state index in [2.05, 4.69) is 0 Å². The molecule has 0 aliphatic rings. The lowest BCUT2D eigenvalue weighted by atomic mass is 9.90. The van der Waals surface area contributed by atoms with Gasteiger partial charge in [-0.25, -0.2) is 13.6 Å². The first kappa shape index (κ1) is 45.5.